The van der Waals surface area contributed by atoms with Gasteiger partial charge in [-0.1, -0.05) is 23.7 Å². The van der Waals surface area contributed by atoms with Crippen molar-refractivity contribution in [3.05, 3.63) is 59.1 Å². The first-order chi connectivity index (χ1) is 12.2. The molecule has 6 heteroatoms. The Kier molecular flexibility index (Phi) is 4.61. The van der Waals surface area contributed by atoms with Crippen molar-refractivity contribution in [3.8, 4) is 0 Å². The molecular formula is C19H19ClN2O3. The van der Waals surface area contributed by atoms with Crippen LogP contribution in [0.15, 0.2) is 48.5 Å². The Labute approximate surface area is 151 Å². The summed E-state index contributed by atoms with van der Waals surface area (Å²) in [6.07, 6.45) is 0. The topological polar surface area (TPSA) is 42.0 Å². The summed E-state index contributed by atoms with van der Waals surface area (Å²) >= 11 is 5.98. The highest BCUT2D eigenvalue weighted by molar-refractivity contribution is 6.30. The number of hydrogen-bond donors (Lipinski definition) is 0. The van der Waals surface area contributed by atoms with Gasteiger partial charge in [0.25, 0.3) is 5.91 Å². The smallest absolute Gasteiger partial charge is 0.253 e. The van der Waals surface area contributed by atoms with Crippen LogP contribution in [0.2, 0.25) is 5.02 Å². The highest BCUT2D eigenvalue weighted by atomic mass is 35.5. The number of morpholine rings is 1. The molecule has 0 aromatic heterocycles. The molecule has 2 aliphatic rings. The summed E-state index contributed by atoms with van der Waals surface area (Å²) < 4.78 is 10.9. The van der Waals surface area contributed by atoms with Gasteiger partial charge in [-0.3, -0.25) is 4.79 Å². The Bertz CT molecular complexity index is 748. The zero-order valence-corrected chi connectivity index (χ0v) is 14.5. The quantitative estimate of drug-likeness (QED) is 0.844. The van der Waals surface area contributed by atoms with Gasteiger partial charge in [0.2, 0.25) is 0 Å². The average Bonchev–Trinajstić information content (AvgIpc) is 3.13. The third-order valence-electron chi connectivity index (χ3n) is 4.62. The second kappa shape index (κ2) is 7.04. The Morgan fingerprint density at radius 3 is 2.40 bits per heavy atom. The fraction of sp³-hybridized carbons (Fsp3) is 0.316. The van der Waals surface area contributed by atoms with Gasteiger partial charge in [0.05, 0.1) is 19.3 Å². The van der Waals surface area contributed by atoms with Crippen LogP contribution in [-0.2, 0) is 14.3 Å². The van der Waals surface area contributed by atoms with Crippen LogP contribution in [0.1, 0.15) is 11.6 Å². The van der Waals surface area contributed by atoms with Gasteiger partial charge in [-0.2, -0.15) is 0 Å². The molecule has 1 atom stereocenters. The lowest BCUT2D eigenvalue weighted by atomic mass is 10.1. The molecule has 0 spiro atoms. The van der Waals surface area contributed by atoms with Crippen LogP contribution in [0, 0.1) is 0 Å². The van der Waals surface area contributed by atoms with E-state index in [2.05, 4.69) is 17.0 Å². The number of hydrogen-bond acceptors (Lipinski definition) is 4. The Morgan fingerprint density at radius 1 is 0.960 bits per heavy atom. The SMILES string of the molecule is O=C1COCCN1c1ccc(C2COCN2c2ccc(Cl)cc2)cc1. The normalized spacial score (nSPS) is 21.0. The summed E-state index contributed by atoms with van der Waals surface area (Å²) in [6, 6.07) is 16.1. The van der Waals surface area contributed by atoms with E-state index in [1.54, 1.807) is 4.90 Å². The van der Waals surface area contributed by atoms with Crippen LogP contribution in [0.25, 0.3) is 0 Å². The van der Waals surface area contributed by atoms with Crippen molar-refractivity contribution in [1.29, 1.82) is 0 Å². The van der Waals surface area contributed by atoms with Crippen molar-refractivity contribution in [2.45, 2.75) is 6.04 Å². The Balaban J connectivity index is 1.54. The standard InChI is InChI=1S/C19H19ClN2O3/c20-15-3-7-17(8-4-15)22-13-25-11-18(22)14-1-5-16(6-2-14)21-9-10-24-12-19(21)23/h1-8,18H,9-13H2. The average molecular weight is 359 g/mol. The fourth-order valence-electron chi connectivity index (χ4n) is 3.27. The molecule has 2 aromatic carbocycles. The summed E-state index contributed by atoms with van der Waals surface area (Å²) in [7, 11) is 0. The highest BCUT2D eigenvalue weighted by Gasteiger charge is 2.27. The first-order valence-corrected chi connectivity index (χ1v) is 8.68. The lowest BCUT2D eigenvalue weighted by Gasteiger charge is -2.28. The van der Waals surface area contributed by atoms with Crippen molar-refractivity contribution in [3.63, 3.8) is 0 Å². The molecule has 2 aliphatic heterocycles. The van der Waals surface area contributed by atoms with Crippen molar-refractivity contribution >= 4 is 28.9 Å². The Morgan fingerprint density at radius 2 is 1.68 bits per heavy atom. The van der Waals surface area contributed by atoms with Crippen molar-refractivity contribution < 1.29 is 14.3 Å². The molecule has 5 nitrogen and oxygen atoms in total. The molecule has 2 aromatic rings. The van der Waals surface area contributed by atoms with Gasteiger partial charge in [0.15, 0.2) is 0 Å². The number of nitrogens with zero attached hydrogens (tertiary/aromatic N) is 2. The summed E-state index contributed by atoms with van der Waals surface area (Å²) in [5.74, 6) is 0.00555. The van der Waals surface area contributed by atoms with Crippen molar-refractivity contribution in [1.82, 2.24) is 0 Å². The lowest BCUT2D eigenvalue weighted by Crippen LogP contribution is -2.41. The van der Waals surface area contributed by atoms with Gasteiger partial charge >= 0.3 is 0 Å². The lowest BCUT2D eigenvalue weighted by molar-refractivity contribution is -0.125. The minimum atomic E-state index is 0.00555. The van der Waals surface area contributed by atoms with E-state index in [-0.39, 0.29) is 18.6 Å². The van der Waals surface area contributed by atoms with Crippen molar-refractivity contribution in [2.24, 2.45) is 0 Å². The maximum Gasteiger partial charge on any atom is 0.253 e. The monoisotopic (exact) mass is 358 g/mol. The number of benzene rings is 2. The molecule has 2 saturated heterocycles. The fourth-order valence-corrected chi connectivity index (χ4v) is 3.40. The molecule has 2 fully saturated rings. The van der Waals surface area contributed by atoms with Crippen LogP contribution < -0.4 is 9.80 Å². The molecule has 130 valence electrons. The second-order valence-electron chi connectivity index (χ2n) is 6.15. The molecule has 4 rings (SSSR count). The molecule has 0 N–H and O–H groups in total. The number of amides is 1. The first kappa shape index (κ1) is 16.4. The summed E-state index contributed by atoms with van der Waals surface area (Å²) in [5, 5.41) is 0.722. The van der Waals surface area contributed by atoms with E-state index in [4.69, 9.17) is 21.1 Å². The van der Waals surface area contributed by atoms with Crippen LogP contribution in [-0.4, -0.2) is 39.0 Å². The van der Waals surface area contributed by atoms with Crippen LogP contribution in [0.4, 0.5) is 11.4 Å². The summed E-state index contributed by atoms with van der Waals surface area (Å²) in [6.45, 7) is 2.52. The number of carbonyl (C=O) groups excluding carboxylic acids is 1. The molecule has 0 aliphatic carbocycles. The van der Waals surface area contributed by atoms with E-state index in [0.717, 1.165) is 22.0 Å². The molecule has 0 saturated carbocycles. The number of carbonyl (C=O) groups is 1. The van der Waals surface area contributed by atoms with E-state index in [1.165, 1.54) is 0 Å². The first-order valence-electron chi connectivity index (χ1n) is 8.30. The highest BCUT2D eigenvalue weighted by Crippen LogP contribution is 2.33. The second-order valence-corrected chi connectivity index (χ2v) is 6.59. The number of rotatable bonds is 3. The van der Waals surface area contributed by atoms with Crippen LogP contribution in [0.5, 0.6) is 0 Å². The maximum absolute atomic E-state index is 12.0. The molecule has 2 heterocycles. The third-order valence-corrected chi connectivity index (χ3v) is 4.87. The molecule has 1 amide bonds. The van der Waals surface area contributed by atoms with Gasteiger partial charge in [0.1, 0.15) is 13.3 Å². The van der Waals surface area contributed by atoms with E-state index in [0.29, 0.717) is 26.5 Å². The number of anilines is 2. The van der Waals surface area contributed by atoms with Gasteiger partial charge in [-0.05, 0) is 42.0 Å². The molecule has 1 unspecified atom stereocenters. The predicted octanol–water partition coefficient (Wildman–Crippen LogP) is 3.24. The van der Waals surface area contributed by atoms with Crippen molar-refractivity contribution in [2.75, 3.05) is 42.9 Å². The maximum atomic E-state index is 12.0. The molecule has 25 heavy (non-hydrogen) atoms. The van der Waals surface area contributed by atoms with Gasteiger partial charge in [-0.15, -0.1) is 0 Å². The zero-order valence-electron chi connectivity index (χ0n) is 13.7. The van der Waals surface area contributed by atoms with E-state index < -0.39 is 0 Å². The zero-order chi connectivity index (χ0) is 17.2. The largest absolute Gasteiger partial charge is 0.370 e. The number of ether oxygens (including phenoxy) is 2. The van der Waals surface area contributed by atoms with Gasteiger partial charge in [-0.25, -0.2) is 0 Å². The third kappa shape index (κ3) is 3.35. The van der Waals surface area contributed by atoms with Crippen LogP contribution >= 0.6 is 11.6 Å². The molecule has 0 bridgehead atoms. The minimum Gasteiger partial charge on any atom is -0.370 e. The summed E-state index contributed by atoms with van der Waals surface area (Å²) in [5.41, 5.74) is 3.16. The summed E-state index contributed by atoms with van der Waals surface area (Å²) in [4.78, 5) is 15.9. The van der Waals surface area contributed by atoms with Gasteiger partial charge < -0.3 is 19.3 Å². The minimum absolute atomic E-state index is 0.00555. The molecular weight excluding hydrogens is 340 g/mol. The van der Waals surface area contributed by atoms with E-state index in [1.807, 2.05) is 36.4 Å². The van der Waals surface area contributed by atoms with E-state index >= 15 is 0 Å². The van der Waals surface area contributed by atoms with Crippen LogP contribution in [0.3, 0.4) is 0 Å². The van der Waals surface area contributed by atoms with Gasteiger partial charge in [0, 0.05) is 22.9 Å². The number of halogens is 1. The Hall–Kier alpha value is -2.08. The molecule has 0 radical (unpaired) electrons. The predicted molar refractivity (Wildman–Crippen MR) is 97.1 cm³/mol. The van der Waals surface area contributed by atoms with E-state index in [9.17, 15) is 4.79 Å².